The lowest BCUT2D eigenvalue weighted by atomic mass is 10.2. The molecule has 0 fully saturated rings. The number of benzene rings is 1. The molecule has 0 unspecified atom stereocenters. The summed E-state index contributed by atoms with van der Waals surface area (Å²) < 4.78 is 8.33. The first-order valence-electron chi connectivity index (χ1n) is 5.54. The van der Waals surface area contributed by atoms with E-state index in [1.165, 1.54) is 0 Å². The molecule has 2 rings (SSSR count). The first-order valence-corrected chi connectivity index (χ1v) is 7.05. The van der Waals surface area contributed by atoms with Gasteiger partial charge >= 0.3 is 0 Å². The van der Waals surface area contributed by atoms with Crippen molar-refractivity contribution in [1.29, 1.82) is 0 Å². The van der Waals surface area contributed by atoms with E-state index in [1.807, 2.05) is 0 Å². The second-order valence-corrected chi connectivity index (χ2v) is 6.12. The molecule has 1 aromatic heterocycles. The summed E-state index contributed by atoms with van der Waals surface area (Å²) in [7, 11) is 0. The zero-order valence-corrected chi connectivity index (χ0v) is 13.3. The fourth-order valence-corrected chi connectivity index (χ4v) is 2.38. The summed E-state index contributed by atoms with van der Waals surface area (Å²) in [5, 5.41) is 12.6. The van der Waals surface area contributed by atoms with E-state index in [9.17, 15) is 0 Å². The number of aromatic nitrogens is 2. The Hall–Kier alpha value is -0.980. The Morgan fingerprint density at radius 3 is 2.76 bits per heavy atom. The molecule has 0 bridgehead atoms. The van der Waals surface area contributed by atoms with E-state index in [0.29, 0.717) is 17.1 Å². The molecule has 1 aromatic carbocycles. The lowest BCUT2D eigenvalue weighted by Crippen LogP contribution is -2.18. The van der Waals surface area contributed by atoms with E-state index >= 15 is 0 Å². The van der Waals surface area contributed by atoms with Gasteiger partial charge < -0.3 is 14.4 Å². The number of nitrogens with zero attached hydrogens (tertiary/aromatic N) is 2. The molecule has 112 valence electrons. The molecule has 5 nitrogen and oxygen atoms in total. The van der Waals surface area contributed by atoms with Gasteiger partial charge in [0.25, 0.3) is 10.4 Å². The maximum Gasteiger partial charge on any atom is 0.280 e. The van der Waals surface area contributed by atoms with Crippen LogP contribution in [-0.2, 0) is 6.61 Å². The van der Waals surface area contributed by atoms with Crippen LogP contribution in [0, 0.1) is 0 Å². The Balaban J connectivity index is 2.24. The van der Waals surface area contributed by atoms with Crippen LogP contribution in [0.15, 0.2) is 39.4 Å². The van der Waals surface area contributed by atoms with Crippen molar-refractivity contribution in [2.45, 2.75) is 11.1 Å². The molecule has 1 heterocycles. The Kier molecular flexibility index (Phi) is 5.35. The van der Waals surface area contributed by atoms with Gasteiger partial charge in [-0.2, -0.15) is 4.98 Å². The van der Waals surface area contributed by atoms with Gasteiger partial charge in [-0.1, -0.05) is 63.7 Å². The van der Waals surface area contributed by atoms with Crippen LogP contribution in [0.5, 0.6) is 5.75 Å². The quantitative estimate of drug-likeness (QED) is 0.805. The van der Waals surface area contributed by atoms with E-state index in [4.69, 9.17) is 60.8 Å². The normalized spacial score (nSPS) is 11.3. The van der Waals surface area contributed by atoms with E-state index in [2.05, 4.69) is 10.1 Å². The van der Waals surface area contributed by atoms with Gasteiger partial charge in [-0.25, -0.2) is 0 Å². The first-order chi connectivity index (χ1) is 9.89. The molecule has 1 N–H and O–H groups in total. The average Bonchev–Trinajstić information content (AvgIpc) is 2.85. The van der Waals surface area contributed by atoms with Crippen molar-refractivity contribution in [3.63, 3.8) is 0 Å². The summed E-state index contributed by atoms with van der Waals surface area (Å²) in [6.07, 6.45) is 1.13. The summed E-state index contributed by atoms with van der Waals surface area (Å²) in [5.74, 6) is 0.751. The fourth-order valence-electron chi connectivity index (χ4n) is 1.45. The second-order valence-electron chi connectivity index (χ2n) is 3.80. The van der Waals surface area contributed by atoms with Crippen molar-refractivity contribution in [2.75, 3.05) is 0 Å². The number of alkyl halides is 2. The minimum Gasteiger partial charge on any atom is -0.454 e. The molecular weight excluding hydrogens is 362 g/mol. The average molecular weight is 370 g/mol. The molecule has 0 aliphatic heterocycles. The standard InChI is InChI=1S/C12H8Cl4N2O3/c13-9(14)5-12(15,16)20-8-3-1-2-7(4-8)11-17-10(6-19)21-18-11/h1-5,19H,6H2. The first kappa shape index (κ1) is 16.4. The number of aliphatic hydroxyl groups is 1. The van der Waals surface area contributed by atoms with Gasteiger partial charge in [-0.15, -0.1) is 0 Å². The molecule has 0 saturated heterocycles. The predicted octanol–water partition coefficient (Wildman–Crippen LogP) is 4.06. The molecule has 21 heavy (non-hydrogen) atoms. The van der Waals surface area contributed by atoms with Crippen LogP contribution in [-0.4, -0.2) is 19.8 Å². The predicted molar refractivity (Wildman–Crippen MR) is 80.5 cm³/mol. The summed E-state index contributed by atoms with van der Waals surface area (Å²) in [4.78, 5) is 3.98. The van der Waals surface area contributed by atoms with Crippen LogP contribution in [0.1, 0.15) is 5.89 Å². The minimum absolute atomic E-state index is 0.109. The molecule has 2 aromatic rings. The van der Waals surface area contributed by atoms with Gasteiger partial charge in [0.05, 0.1) is 0 Å². The van der Waals surface area contributed by atoms with Gasteiger partial charge in [0.1, 0.15) is 16.8 Å². The SMILES string of the molecule is OCc1nc(-c2cccc(OC(Cl)(Cl)C=C(Cl)Cl)c2)no1. The van der Waals surface area contributed by atoms with Crippen LogP contribution in [0.25, 0.3) is 11.4 Å². The number of hydrogen-bond donors (Lipinski definition) is 1. The highest BCUT2D eigenvalue weighted by Gasteiger charge is 2.24. The van der Waals surface area contributed by atoms with Crippen LogP contribution in [0.2, 0.25) is 0 Å². The number of hydrogen-bond acceptors (Lipinski definition) is 5. The molecule has 0 spiro atoms. The lowest BCUT2D eigenvalue weighted by Gasteiger charge is -2.17. The number of rotatable bonds is 5. The van der Waals surface area contributed by atoms with E-state index < -0.39 is 4.52 Å². The van der Waals surface area contributed by atoms with Crippen molar-refractivity contribution in [3.05, 3.63) is 40.7 Å². The summed E-state index contributed by atoms with van der Waals surface area (Å²) >= 11 is 22.8. The highest BCUT2D eigenvalue weighted by atomic mass is 35.5. The summed E-state index contributed by atoms with van der Waals surface area (Å²) in [6.45, 7) is -0.339. The third-order valence-corrected chi connectivity index (χ3v) is 2.82. The zero-order chi connectivity index (χ0) is 15.5. The molecule has 0 aliphatic rings. The Labute approximate surface area is 140 Å². The van der Waals surface area contributed by atoms with Crippen LogP contribution in [0.4, 0.5) is 0 Å². The molecule has 0 radical (unpaired) electrons. The van der Waals surface area contributed by atoms with Crippen molar-refractivity contribution in [3.8, 4) is 17.1 Å². The third kappa shape index (κ3) is 4.76. The summed E-state index contributed by atoms with van der Waals surface area (Å²) in [6, 6.07) is 6.65. The van der Waals surface area contributed by atoms with Gasteiger partial charge in [0.2, 0.25) is 5.82 Å². The lowest BCUT2D eigenvalue weighted by molar-refractivity contribution is 0.222. The topological polar surface area (TPSA) is 68.4 Å². The van der Waals surface area contributed by atoms with E-state index in [-0.39, 0.29) is 17.0 Å². The molecule has 0 amide bonds. The monoisotopic (exact) mass is 368 g/mol. The minimum atomic E-state index is -1.72. The number of ether oxygens (including phenoxy) is 1. The summed E-state index contributed by atoms with van der Waals surface area (Å²) in [5.41, 5.74) is 0.598. The van der Waals surface area contributed by atoms with E-state index in [0.717, 1.165) is 6.08 Å². The largest absolute Gasteiger partial charge is 0.454 e. The van der Waals surface area contributed by atoms with Crippen molar-refractivity contribution < 1.29 is 14.4 Å². The highest BCUT2D eigenvalue weighted by Crippen LogP contribution is 2.32. The van der Waals surface area contributed by atoms with Crippen LogP contribution < -0.4 is 4.74 Å². The van der Waals surface area contributed by atoms with Gasteiger partial charge in [0, 0.05) is 11.6 Å². The molecule has 0 aliphatic carbocycles. The highest BCUT2D eigenvalue weighted by molar-refractivity contribution is 6.57. The molecular formula is C12H8Cl4N2O3. The van der Waals surface area contributed by atoms with Crippen molar-refractivity contribution in [1.82, 2.24) is 10.1 Å². The third-order valence-electron chi connectivity index (χ3n) is 2.23. The van der Waals surface area contributed by atoms with Gasteiger partial charge in [0.15, 0.2) is 0 Å². The van der Waals surface area contributed by atoms with E-state index in [1.54, 1.807) is 24.3 Å². The fraction of sp³-hybridized carbons (Fsp3) is 0.167. The van der Waals surface area contributed by atoms with Gasteiger partial charge in [-0.3, -0.25) is 0 Å². The van der Waals surface area contributed by atoms with Gasteiger partial charge in [-0.05, 0) is 12.1 Å². The second kappa shape index (κ2) is 6.85. The van der Waals surface area contributed by atoms with Crippen LogP contribution >= 0.6 is 46.4 Å². The smallest absolute Gasteiger partial charge is 0.280 e. The zero-order valence-electron chi connectivity index (χ0n) is 10.3. The van der Waals surface area contributed by atoms with Crippen LogP contribution in [0.3, 0.4) is 0 Å². The Morgan fingerprint density at radius 2 is 2.14 bits per heavy atom. The van der Waals surface area contributed by atoms with Crippen molar-refractivity contribution in [2.24, 2.45) is 0 Å². The number of aliphatic hydroxyl groups excluding tert-OH is 1. The maximum atomic E-state index is 8.90. The number of halogens is 4. The molecule has 9 heteroatoms. The molecule has 0 saturated carbocycles. The van der Waals surface area contributed by atoms with Crippen molar-refractivity contribution >= 4 is 46.4 Å². The Bertz CT molecular complexity index is 653. The Morgan fingerprint density at radius 1 is 1.38 bits per heavy atom. The molecule has 0 atom stereocenters. The maximum absolute atomic E-state index is 8.90.